The number of H-pyrrole nitrogens is 1. The van der Waals surface area contributed by atoms with Crippen molar-refractivity contribution in [3.05, 3.63) is 101 Å². The van der Waals surface area contributed by atoms with Crippen molar-refractivity contribution in [2.75, 3.05) is 13.2 Å². The minimum absolute atomic E-state index is 0.0553. The van der Waals surface area contributed by atoms with Crippen molar-refractivity contribution in [2.24, 2.45) is 0 Å². The Hall–Kier alpha value is -3.35. The van der Waals surface area contributed by atoms with Crippen LogP contribution in [0.1, 0.15) is 47.1 Å². The summed E-state index contributed by atoms with van der Waals surface area (Å²) in [6.45, 7) is 0.138. The Balaban J connectivity index is 1.35. The number of hydrogen-bond donors (Lipinski definition) is 3. The molecule has 1 aliphatic rings. The third kappa shape index (κ3) is 6.34. The Bertz CT molecular complexity index is 1050. The molecule has 0 saturated heterocycles. The van der Waals surface area contributed by atoms with E-state index < -0.39 is 5.97 Å². The number of carboxylic acid groups (broad SMARTS) is 1. The molecule has 0 aliphatic heterocycles. The molecule has 172 valence electrons. The lowest BCUT2D eigenvalue weighted by Gasteiger charge is -2.25. The van der Waals surface area contributed by atoms with Gasteiger partial charge in [-0.15, -0.1) is 0 Å². The Kier molecular flexibility index (Phi) is 7.95. The van der Waals surface area contributed by atoms with Crippen molar-refractivity contribution < 1.29 is 19.5 Å². The van der Waals surface area contributed by atoms with E-state index in [0.717, 1.165) is 31.2 Å². The second kappa shape index (κ2) is 11.5. The van der Waals surface area contributed by atoms with Gasteiger partial charge in [-0.1, -0.05) is 54.6 Å². The molecular formula is C27H30N2O4. The number of hydroxylamine groups is 1. The molecule has 0 saturated carbocycles. The molecule has 1 heterocycles. The highest BCUT2D eigenvalue weighted by Gasteiger charge is 2.21. The first-order valence-corrected chi connectivity index (χ1v) is 11.4. The maximum absolute atomic E-state index is 10.9. The van der Waals surface area contributed by atoms with Gasteiger partial charge in [0.1, 0.15) is 5.75 Å². The maximum Gasteiger partial charge on any atom is 0.341 e. The summed E-state index contributed by atoms with van der Waals surface area (Å²) in [5.41, 5.74) is 7.95. The third-order valence-electron chi connectivity index (χ3n) is 5.94. The van der Waals surface area contributed by atoms with Crippen LogP contribution in [0.4, 0.5) is 0 Å². The van der Waals surface area contributed by atoms with E-state index in [-0.39, 0.29) is 18.6 Å². The van der Waals surface area contributed by atoms with Crippen molar-refractivity contribution in [3.63, 3.8) is 0 Å². The van der Waals surface area contributed by atoms with Gasteiger partial charge >= 0.3 is 5.97 Å². The highest BCUT2D eigenvalue weighted by atomic mass is 16.6. The first-order chi connectivity index (χ1) is 16.2. The number of benzene rings is 2. The monoisotopic (exact) mass is 446 g/mol. The van der Waals surface area contributed by atoms with Gasteiger partial charge in [-0.05, 0) is 60.1 Å². The fourth-order valence-electron chi connectivity index (χ4n) is 4.38. The summed E-state index contributed by atoms with van der Waals surface area (Å²) in [7, 11) is 0. The van der Waals surface area contributed by atoms with E-state index in [2.05, 4.69) is 46.9 Å². The Morgan fingerprint density at radius 1 is 1.18 bits per heavy atom. The number of aliphatic carboxylic acids is 1. The minimum Gasteiger partial charge on any atom is -0.482 e. The fraction of sp³-hybridized carbons (Fsp3) is 0.296. The van der Waals surface area contributed by atoms with Gasteiger partial charge in [-0.3, -0.25) is 4.84 Å². The highest BCUT2D eigenvalue weighted by Crippen LogP contribution is 2.37. The fourth-order valence-corrected chi connectivity index (χ4v) is 4.38. The lowest BCUT2D eigenvalue weighted by Crippen LogP contribution is -2.23. The summed E-state index contributed by atoms with van der Waals surface area (Å²) in [5.74, 6) is -0.00768. The lowest BCUT2D eigenvalue weighted by atomic mass is 9.82. The number of aromatic nitrogens is 1. The van der Waals surface area contributed by atoms with Gasteiger partial charge in [0.15, 0.2) is 6.61 Å². The zero-order chi connectivity index (χ0) is 22.9. The summed E-state index contributed by atoms with van der Waals surface area (Å²) < 4.78 is 5.51. The molecule has 3 aromatic rings. The molecule has 0 fully saturated rings. The Labute approximate surface area is 194 Å². The number of rotatable bonds is 11. The Morgan fingerprint density at radius 2 is 2.06 bits per heavy atom. The lowest BCUT2D eigenvalue weighted by molar-refractivity contribution is -0.139. The molecule has 33 heavy (non-hydrogen) atoms. The van der Waals surface area contributed by atoms with Crippen LogP contribution in [0.25, 0.3) is 0 Å². The summed E-state index contributed by atoms with van der Waals surface area (Å²) in [4.78, 5) is 19.8. The summed E-state index contributed by atoms with van der Waals surface area (Å²) in [5, 5.41) is 8.92. The van der Waals surface area contributed by atoms with E-state index in [1.54, 1.807) is 0 Å². The number of carbonyl (C=O) groups is 1. The van der Waals surface area contributed by atoms with Crippen LogP contribution in [0.2, 0.25) is 0 Å². The standard InChI is InChI=1S/C27H30N2O4/c30-27(31)19-32-26-13-5-11-23-21(9-4-12-24(23)26)10-6-16-33-29-25(17-20-14-15-28-18-20)22-7-2-1-3-8-22/h1-3,5-8,10-11,13-15,18,21,25,28-29H,4,9,12,16-17,19H2,(H,30,31)/b10-6+. The van der Waals surface area contributed by atoms with E-state index in [1.807, 2.05) is 42.7 Å². The van der Waals surface area contributed by atoms with Gasteiger partial charge in [-0.25, -0.2) is 4.79 Å². The van der Waals surface area contributed by atoms with Crippen molar-refractivity contribution in [1.82, 2.24) is 10.5 Å². The number of nitrogens with one attached hydrogen (secondary N) is 2. The molecule has 6 heteroatoms. The number of fused-ring (bicyclic) bond motifs is 1. The van der Waals surface area contributed by atoms with Crippen molar-refractivity contribution in [3.8, 4) is 5.75 Å². The molecule has 0 spiro atoms. The highest BCUT2D eigenvalue weighted by molar-refractivity contribution is 5.68. The van der Waals surface area contributed by atoms with Crippen molar-refractivity contribution in [2.45, 2.75) is 37.6 Å². The van der Waals surface area contributed by atoms with Gasteiger partial charge in [0.25, 0.3) is 0 Å². The number of aromatic amines is 1. The maximum atomic E-state index is 10.9. The molecule has 2 unspecified atom stereocenters. The Morgan fingerprint density at radius 3 is 2.85 bits per heavy atom. The van der Waals surface area contributed by atoms with Crippen LogP contribution in [0.15, 0.2) is 79.1 Å². The number of allylic oxidation sites excluding steroid dienone is 1. The number of carboxylic acids is 1. The zero-order valence-electron chi connectivity index (χ0n) is 18.6. The molecule has 1 aromatic heterocycles. The van der Waals surface area contributed by atoms with Crippen LogP contribution >= 0.6 is 0 Å². The average molecular weight is 447 g/mol. The molecule has 0 amide bonds. The zero-order valence-corrected chi connectivity index (χ0v) is 18.6. The summed E-state index contributed by atoms with van der Waals surface area (Å²) in [6, 6.07) is 18.3. The molecule has 4 rings (SSSR count). The van der Waals surface area contributed by atoms with Gasteiger partial charge < -0.3 is 14.8 Å². The van der Waals surface area contributed by atoms with Gasteiger partial charge in [0, 0.05) is 18.3 Å². The predicted molar refractivity (Wildman–Crippen MR) is 127 cm³/mol. The first kappa shape index (κ1) is 22.8. The second-order valence-electron chi connectivity index (χ2n) is 8.25. The minimum atomic E-state index is -0.963. The predicted octanol–water partition coefficient (Wildman–Crippen LogP) is 4.96. The number of hydrogen-bond acceptors (Lipinski definition) is 4. The van der Waals surface area contributed by atoms with Crippen LogP contribution in [-0.2, 0) is 22.5 Å². The van der Waals surface area contributed by atoms with E-state index in [9.17, 15) is 4.79 Å². The van der Waals surface area contributed by atoms with Crippen molar-refractivity contribution in [1.29, 1.82) is 0 Å². The quantitative estimate of drug-likeness (QED) is 0.220. The van der Waals surface area contributed by atoms with Gasteiger partial charge in [-0.2, -0.15) is 5.48 Å². The number of ether oxygens (including phenoxy) is 1. The SMILES string of the molecule is O=C(O)COc1cccc2c1CCCC2/C=C/CONC(Cc1cc[nH]c1)c1ccccc1. The average Bonchev–Trinajstić information content (AvgIpc) is 3.35. The summed E-state index contributed by atoms with van der Waals surface area (Å²) in [6.07, 6.45) is 12.0. The summed E-state index contributed by atoms with van der Waals surface area (Å²) >= 11 is 0. The van der Waals surface area contributed by atoms with E-state index >= 15 is 0 Å². The van der Waals surface area contributed by atoms with Gasteiger partial charge in [0.05, 0.1) is 12.6 Å². The van der Waals surface area contributed by atoms with E-state index in [1.165, 1.54) is 16.7 Å². The third-order valence-corrected chi connectivity index (χ3v) is 5.94. The molecule has 2 aromatic carbocycles. The van der Waals surface area contributed by atoms with Crippen molar-refractivity contribution >= 4 is 5.97 Å². The van der Waals surface area contributed by atoms with Crippen LogP contribution in [-0.4, -0.2) is 29.3 Å². The molecular weight excluding hydrogens is 416 g/mol. The molecule has 3 N–H and O–H groups in total. The molecule has 6 nitrogen and oxygen atoms in total. The van der Waals surface area contributed by atoms with E-state index in [0.29, 0.717) is 12.4 Å². The largest absolute Gasteiger partial charge is 0.482 e. The normalized spacial score (nSPS) is 16.4. The van der Waals surface area contributed by atoms with Crippen LogP contribution in [0, 0.1) is 0 Å². The molecule has 0 radical (unpaired) electrons. The first-order valence-electron chi connectivity index (χ1n) is 11.4. The smallest absolute Gasteiger partial charge is 0.341 e. The molecule has 1 aliphatic carbocycles. The van der Waals surface area contributed by atoms with Crippen LogP contribution in [0.5, 0.6) is 5.75 Å². The van der Waals surface area contributed by atoms with Crippen LogP contribution in [0.3, 0.4) is 0 Å². The van der Waals surface area contributed by atoms with Crippen LogP contribution < -0.4 is 10.2 Å². The molecule has 0 bridgehead atoms. The van der Waals surface area contributed by atoms with E-state index in [4.69, 9.17) is 14.7 Å². The topological polar surface area (TPSA) is 83.6 Å². The van der Waals surface area contributed by atoms with Gasteiger partial charge in [0.2, 0.25) is 0 Å². The molecule has 2 atom stereocenters. The second-order valence-corrected chi connectivity index (χ2v) is 8.25.